The van der Waals surface area contributed by atoms with Gasteiger partial charge in [-0.15, -0.1) is 0 Å². The number of rotatable bonds is 2. The third kappa shape index (κ3) is 1.24. The van der Waals surface area contributed by atoms with E-state index in [4.69, 9.17) is 5.11 Å². The zero-order valence-corrected chi connectivity index (χ0v) is 8.05. The molecule has 2 aliphatic carbocycles. The molecule has 2 nitrogen and oxygen atoms in total. The van der Waals surface area contributed by atoms with Crippen LogP contribution in [0, 0.1) is 17.3 Å². The van der Waals surface area contributed by atoms with Gasteiger partial charge in [0.1, 0.15) is 0 Å². The van der Waals surface area contributed by atoms with Crippen molar-refractivity contribution in [2.24, 2.45) is 17.3 Å². The van der Waals surface area contributed by atoms with Crippen LogP contribution in [0.3, 0.4) is 0 Å². The minimum Gasteiger partial charge on any atom is -0.481 e. The first kappa shape index (κ1) is 9.62. The Kier molecular flexibility index (Phi) is 1.62. The van der Waals surface area contributed by atoms with Gasteiger partial charge in [-0.25, -0.2) is 8.78 Å². The van der Waals surface area contributed by atoms with E-state index in [0.717, 1.165) is 0 Å². The van der Waals surface area contributed by atoms with E-state index >= 15 is 0 Å². The van der Waals surface area contributed by atoms with Crippen LogP contribution in [0.25, 0.3) is 0 Å². The molecule has 4 heteroatoms. The molecule has 2 unspecified atom stereocenters. The molecule has 0 aromatic heterocycles. The number of allylic oxidation sites excluding steroid dienone is 2. The Hall–Kier alpha value is -0.930. The van der Waals surface area contributed by atoms with Gasteiger partial charge in [0.2, 0.25) is 0 Å². The standard InChI is InChI=1S/C10H12F2O2/c1-9(2)6(7(9)8(13)14)3-5-4-10(5,11)12/h3,6-7H,4H2,1-2H3,(H,13,14)/b5-3+. The molecule has 0 spiro atoms. The first-order valence-corrected chi connectivity index (χ1v) is 4.58. The van der Waals surface area contributed by atoms with Crippen LogP contribution in [0.1, 0.15) is 20.3 Å². The molecule has 0 amide bonds. The Morgan fingerprint density at radius 3 is 2.36 bits per heavy atom. The average molecular weight is 202 g/mol. The number of carboxylic acids is 1. The Balaban J connectivity index is 2.10. The van der Waals surface area contributed by atoms with Gasteiger partial charge in [0.05, 0.1) is 5.92 Å². The lowest BCUT2D eigenvalue weighted by Crippen LogP contribution is -2.03. The van der Waals surface area contributed by atoms with Crippen molar-refractivity contribution < 1.29 is 18.7 Å². The van der Waals surface area contributed by atoms with Gasteiger partial charge < -0.3 is 5.11 Å². The molecule has 2 fully saturated rings. The molecule has 2 atom stereocenters. The van der Waals surface area contributed by atoms with Crippen LogP contribution in [0.15, 0.2) is 11.6 Å². The van der Waals surface area contributed by atoms with Crippen LogP contribution in [0.4, 0.5) is 8.78 Å². The summed E-state index contributed by atoms with van der Waals surface area (Å²) >= 11 is 0. The summed E-state index contributed by atoms with van der Waals surface area (Å²) in [5.74, 6) is -4.25. The number of hydrogen-bond acceptors (Lipinski definition) is 1. The maximum absolute atomic E-state index is 12.5. The summed E-state index contributed by atoms with van der Waals surface area (Å²) in [4.78, 5) is 10.7. The molecule has 0 saturated heterocycles. The number of carbonyl (C=O) groups is 1. The van der Waals surface area contributed by atoms with E-state index in [2.05, 4.69) is 0 Å². The molecular weight excluding hydrogens is 190 g/mol. The highest BCUT2D eigenvalue weighted by atomic mass is 19.3. The summed E-state index contributed by atoms with van der Waals surface area (Å²) in [5.41, 5.74) is -0.253. The third-order valence-corrected chi connectivity index (χ3v) is 3.31. The lowest BCUT2D eigenvalue weighted by molar-refractivity contribution is -0.139. The van der Waals surface area contributed by atoms with E-state index in [-0.39, 0.29) is 23.3 Å². The van der Waals surface area contributed by atoms with Crippen molar-refractivity contribution in [1.82, 2.24) is 0 Å². The molecule has 14 heavy (non-hydrogen) atoms. The number of alkyl halides is 2. The monoisotopic (exact) mass is 202 g/mol. The van der Waals surface area contributed by atoms with Crippen LogP contribution in [-0.2, 0) is 4.79 Å². The van der Waals surface area contributed by atoms with E-state index in [0.29, 0.717) is 0 Å². The summed E-state index contributed by atoms with van der Waals surface area (Å²) < 4.78 is 25.1. The molecule has 2 saturated carbocycles. The van der Waals surface area contributed by atoms with Gasteiger partial charge in [-0.3, -0.25) is 4.79 Å². The molecule has 2 rings (SSSR count). The average Bonchev–Trinajstić information content (AvgIpc) is 2.72. The van der Waals surface area contributed by atoms with Crippen molar-refractivity contribution in [2.75, 3.05) is 0 Å². The van der Waals surface area contributed by atoms with Crippen LogP contribution in [0.2, 0.25) is 0 Å². The molecule has 0 aromatic rings. The van der Waals surface area contributed by atoms with E-state index < -0.39 is 17.8 Å². The Morgan fingerprint density at radius 2 is 2.07 bits per heavy atom. The van der Waals surface area contributed by atoms with E-state index in [1.807, 2.05) is 0 Å². The minimum absolute atomic E-state index is 0.110. The highest BCUT2D eigenvalue weighted by Crippen LogP contribution is 2.62. The second-order valence-corrected chi connectivity index (χ2v) is 4.74. The van der Waals surface area contributed by atoms with Gasteiger partial charge >= 0.3 is 5.97 Å². The topological polar surface area (TPSA) is 37.3 Å². The third-order valence-electron chi connectivity index (χ3n) is 3.31. The lowest BCUT2D eigenvalue weighted by atomic mass is 10.1. The smallest absolute Gasteiger partial charge is 0.307 e. The number of carboxylic acid groups (broad SMARTS) is 1. The minimum atomic E-state index is -2.65. The number of halogens is 2. The molecule has 0 bridgehead atoms. The molecule has 0 aliphatic heterocycles. The zero-order chi connectivity index (χ0) is 10.7. The number of hydrogen-bond donors (Lipinski definition) is 1. The van der Waals surface area contributed by atoms with Gasteiger partial charge in [-0.2, -0.15) is 0 Å². The summed E-state index contributed by atoms with van der Waals surface area (Å²) in [6, 6.07) is 0. The predicted molar refractivity (Wildman–Crippen MR) is 46.0 cm³/mol. The fourth-order valence-corrected chi connectivity index (χ4v) is 2.05. The fourth-order valence-electron chi connectivity index (χ4n) is 2.05. The van der Waals surface area contributed by atoms with Crippen LogP contribution in [-0.4, -0.2) is 17.0 Å². The van der Waals surface area contributed by atoms with Gasteiger partial charge in [0, 0.05) is 12.0 Å². The van der Waals surface area contributed by atoms with Crippen molar-refractivity contribution >= 4 is 5.97 Å². The highest BCUT2D eigenvalue weighted by molar-refractivity contribution is 5.76. The quantitative estimate of drug-likeness (QED) is 0.697. The van der Waals surface area contributed by atoms with Gasteiger partial charge in [-0.05, 0) is 11.3 Å². The molecule has 1 N–H and O–H groups in total. The second kappa shape index (κ2) is 2.35. The van der Waals surface area contributed by atoms with Crippen molar-refractivity contribution in [3.8, 4) is 0 Å². The first-order valence-electron chi connectivity index (χ1n) is 4.58. The van der Waals surface area contributed by atoms with Crippen molar-refractivity contribution in [1.29, 1.82) is 0 Å². The Morgan fingerprint density at radius 1 is 1.57 bits per heavy atom. The maximum atomic E-state index is 12.5. The van der Waals surface area contributed by atoms with E-state index in [1.54, 1.807) is 13.8 Å². The summed E-state index contributed by atoms with van der Waals surface area (Å²) in [7, 11) is 0. The largest absolute Gasteiger partial charge is 0.481 e. The highest BCUT2D eigenvalue weighted by Gasteiger charge is 2.63. The first-order chi connectivity index (χ1) is 6.27. The Bertz CT molecular complexity index is 331. The molecule has 0 aromatic carbocycles. The summed E-state index contributed by atoms with van der Waals surface area (Å²) in [6.07, 6.45) is 1.27. The van der Waals surface area contributed by atoms with Crippen molar-refractivity contribution in [3.05, 3.63) is 11.6 Å². The Labute approximate surface area is 80.6 Å². The van der Waals surface area contributed by atoms with Gasteiger partial charge in [0.15, 0.2) is 0 Å². The molecule has 0 radical (unpaired) electrons. The molecular formula is C10H12F2O2. The summed E-state index contributed by atoms with van der Waals surface area (Å²) in [6.45, 7) is 3.60. The van der Waals surface area contributed by atoms with E-state index in [1.165, 1.54) is 6.08 Å². The van der Waals surface area contributed by atoms with Crippen LogP contribution >= 0.6 is 0 Å². The fraction of sp³-hybridized carbons (Fsp3) is 0.700. The van der Waals surface area contributed by atoms with Gasteiger partial charge in [-0.1, -0.05) is 19.9 Å². The molecule has 78 valence electrons. The van der Waals surface area contributed by atoms with E-state index in [9.17, 15) is 13.6 Å². The summed E-state index contributed by atoms with van der Waals surface area (Å²) in [5, 5.41) is 8.81. The lowest BCUT2D eigenvalue weighted by Gasteiger charge is -1.96. The normalized spacial score (nSPS) is 39.6. The van der Waals surface area contributed by atoms with Gasteiger partial charge in [0.25, 0.3) is 5.92 Å². The zero-order valence-electron chi connectivity index (χ0n) is 8.05. The second-order valence-electron chi connectivity index (χ2n) is 4.74. The van der Waals surface area contributed by atoms with Crippen molar-refractivity contribution in [3.63, 3.8) is 0 Å². The maximum Gasteiger partial charge on any atom is 0.307 e. The SMILES string of the molecule is CC1(C)C(/C=C2\CC2(F)F)C1C(=O)O. The van der Waals surface area contributed by atoms with Crippen LogP contribution < -0.4 is 0 Å². The number of aliphatic carboxylic acids is 1. The van der Waals surface area contributed by atoms with Crippen molar-refractivity contribution in [2.45, 2.75) is 26.2 Å². The van der Waals surface area contributed by atoms with Crippen LogP contribution in [0.5, 0.6) is 0 Å². The molecule has 0 heterocycles. The predicted octanol–water partition coefficient (Wildman–Crippen LogP) is 2.31. The molecule has 2 aliphatic rings.